The molecule has 2 aromatic heterocycles. The van der Waals surface area contributed by atoms with Crippen molar-refractivity contribution < 1.29 is 14.3 Å². The van der Waals surface area contributed by atoms with Crippen LogP contribution >= 0.6 is 23.1 Å². The number of ether oxygens (including phenoxy) is 1. The predicted octanol–water partition coefficient (Wildman–Crippen LogP) is 4.92. The molecule has 3 aromatic rings. The van der Waals surface area contributed by atoms with Gasteiger partial charge in [-0.05, 0) is 37.1 Å². The summed E-state index contributed by atoms with van der Waals surface area (Å²) in [6, 6.07) is 11.5. The average molecular weight is 550 g/mol. The van der Waals surface area contributed by atoms with Crippen LogP contribution in [0.25, 0.3) is 0 Å². The van der Waals surface area contributed by atoms with E-state index in [9.17, 15) is 9.59 Å². The minimum Gasteiger partial charge on any atom is -0.378 e. The first kappa shape index (κ1) is 26.4. The maximum atomic E-state index is 13.2. The summed E-state index contributed by atoms with van der Waals surface area (Å²) in [6.07, 6.45) is 5.15. The van der Waals surface area contributed by atoms with Gasteiger partial charge in [-0.15, -0.1) is 29.7 Å². The molecule has 2 aliphatic heterocycles. The number of pyridine rings is 1. The Labute approximate surface area is 231 Å². The number of carbonyl (C=O) groups is 2. The molecule has 0 aliphatic carbocycles. The molecule has 8 nitrogen and oxygen atoms in total. The molecular weight excluding hydrogens is 518 g/mol. The molecule has 1 aromatic carbocycles. The highest BCUT2D eigenvalue weighted by atomic mass is 32.2. The summed E-state index contributed by atoms with van der Waals surface area (Å²) in [5.41, 5.74) is 2.85. The fourth-order valence-electron chi connectivity index (χ4n) is 4.73. The number of rotatable bonds is 8. The number of nitrogens with one attached hydrogen (secondary N) is 1. The lowest BCUT2D eigenvalue weighted by atomic mass is 9.97. The second-order valence-electron chi connectivity index (χ2n) is 9.16. The third kappa shape index (κ3) is 6.09. The van der Waals surface area contributed by atoms with E-state index in [0.717, 1.165) is 47.3 Å². The van der Waals surface area contributed by atoms with E-state index < -0.39 is 0 Å². The number of para-hydroxylation sites is 2. The van der Waals surface area contributed by atoms with Crippen molar-refractivity contribution in [1.29, 1.82) is 0 Å². The molecule has 2 amide bonds. The maximum Gasteiger partial charge on any atom is 0.275 e. The van der Waals surface area contributed by atoms with Gasteiger partial charge in [-0.2, -0.15) is 0 Å². The van der Waals surface area contributed by atoms with E-state index in [0.29, 0.717) is 43.3 Å². The third-order valence-corrected chi connectivity index (χ3v) is 8.74. The van der Waals surface area contributed by atoms with Crippen LogP contribution in [-0.2, 0) is 4.74 Å². The van der Waals surface area contributed by atoms with Crippen molar-refractivity contribution in [3.05, 3.63) is 76.9 Å². The standard InChI is InChI=1S/C28H31N5O3S2/c1-2-18-37-27-21(6-5-11-29-27)28(35)33-12-9-20(10-13-33)26-31-23(19-38-26)25(34)30-22-7-3-4-8-24(22)32-14-16-36-17-15-32/h2-8,11,19-20H,1,9-10,12-18H2,(H,30,34). The summed E-state index contributed by atoms with van der Waals surface area (Å²) in [5.74, 6) is 0.746. The molecule has 1 N–H and O–H groups in total. The smallest absolute Gasteiger partial charge is 0.275 e. The van der Waals surface area contributed by atoms with Gasteiger partial charge in [0.1, 0.15) is 10.7 Å². The first-order chi connectivity index (χ1) is 18.6. The molecule has 0 radical (unpaired) electrons. The number of morpholine rings is 1. The number of benzene rings is 1. The van der Waals surface area contributed by atoms with Crippen LogP contribution in [0.5, 0.6) is 0 Å². The lowest BCUT2D eigenvalue weighted by Crippen LogP contribution is -2.38. The highest BCUT2D eigenvalue weighted by Gasteiger charge is 2.28. The quantitative estimate of drug-likeness (QED) is 0.315. The second-order valence-corrected chi connectivity index (χ2v) is 11.1. The number of thiazole rings is 1. The maximum absolute atomic E-state index is 13.2. The molecule has 2 saturated heterocycles. The van der Waals surface area contributed by atoms with Gasteiger partial charge in [-0.25, -0.2) is 9.97 Å². The fraction of sp³-hybridized carbons (Fsp3) is 0.357. The summed E-state index contributed by atoms with van der Waals surface area (Å²) < 4.78 is 5.47. The van der Waals surface area contributed by atoms with E-state index in [2.05, 4.69) is 21.8 Å². The Hall–Kier alpha value is -3.21. The summed E-state index contributed by atoms with van der Waals surface area (Å²) in [5, 5.41) is 6.58. The zero-order valence-corrected chi connectivity index (χ0v) is 22.8. The van der Waals surface area contributed by atoms with E-state index in [1.165, 1.54) is 23.1 Å². The number of aromatic nitrogens is 2. The Bertz CT molecular complexity index is 1280. The van der Waals surface area contributed by atoms with Gasteiger partial charge >= 0.3 is 0 Å². The first-order valence-corrected chi connectivity index (χ1v) is 14.7. The minimum absolute atomic E-state index is 0.0150. The van der Waals surface area contributed by atoms with Gasteiger partial charge in [0, 0.05) is 49.4 Å². The number of carbonyl (C=O) groups excluding carboxylic acids is 2. The molecule has 0 spiro atoms. The molecule has 0 atom stereocenters. The van der Waals surface area contributed by atoms with Crippen LogP contribution in [-0.4, -0.2) is 71.8 Å². The van der Waals surface area contributed by atoms with Crippen LogP contribution in [0, 0.1) is 0 Å². The van der Waals surface area contributed by atoms with Gasteiger partial charge < -0.3 is 19.9 Å². The van der Waals surface area contributed by atoms with Gasteiger partial charge in [0.15, 0.2) is 0 Å². The Morgan fingerprint density at radius 3 is 2.71 bits per heavy atom. The van der Waals surface area contributed by atoms with Crippen LogP contribution in [0.2, 0.25) is 0 Å². The molecule has 0 bridgehead atoms. The highest BCUT2D eigenvalue weighted by molar-refractivity contribution is 7.99. The molecule has 0 unspecified atom stereocenters. The topological polar surface area (TPSA) is 87.7 Å². The van der Waals surface area contributed by atoms with Gasteiger partial charge in [-0.3, -0.25) is 9.59 Å². The molecule has 5 rings (SSSR count). The molecule has 10 heteroatoms. The van der Waals surface area contributed by atoms with E-state index in [1.807, 2.05) is 46.7 Å². The number of thioether (sulfide) groups is 1. The molecule has 38 heavy (non-hydrogen) atoms. The summed E-state index contributed by atoms with van der Waals surface area (Å²) >= 11 is 3.04. The average Bonchev–Trinajstić information content (AvgIpc) is 3.47. The summed E-state index contributed by atoms with van der Waals surface area (Å²) in [7, 11) is 0. The van der Waals surface area contributed by atoms with Crippen LogP contribution in [0.3, 0.4) is 0 Å². The number of amides is 2. The van der Waals surface area contributed by atoms with Crippen LogP contribution < -0.4 is 10.2 Å². The number of piperidine rings is 1. The summed E-state index contributed by atoms with van der Waals surface area (Å²) in [4.78, 5) is 39.5. The zero-order chi connectivity index (χ0) is 26.3. The number of nitrogens with zero attached hydrogens (tertiary/aromatic N) is 4. The number of likely N-dealkylation sites (tertiary alicyclic amines) is 1. The van der Waals surface area contributed by atoms with Crippen molar-refractivity contribution >= 4 is 46.3 Å². The van der Waals surface area contributed by atoms with Crippen LogP contribution in [0.4, 0.5) is 11.4 Å². The fourth-order valence-corrected chi connectivity index (χ4v) is 6.42. The predicted molar refractivity (Wildman–Crippen MR) is 153 cm³/mol. The van der Waals surface area contributed by atoms with Crippen molar-refractivity contribution in [2.24, 2.45) is 0 Å². The highest BCUT2D eigenvalue weighted by Crippen LogP contribution is 2.32. The zero-order valence-electron chi connectivity index (χ0n) is 21.2. The van der Waals surface area contributed by atoms with Gasteiger partial charge in [0.25, 0.3) is 11.8 Å². The monoisotopic (exact) mass is 549 g/mol. The van der Waals surface area contributed by atoms with Crippen molar-refractivity contribution in [2.75, 3.05) is 55.4 Å². The van der Waals surface area contributed by atoms with Crippen molar-refractivity contribution in [2.45, 2.75) is 23.8 Å². The first-order valence-electron chi connectivity index (χ1n) is 12.8. The van der Waals surface area contributed by atoms with E-state index in [-0.39, 0.29) is 17.7 Å². The van der Waals surface area contributed by atoms with Gasteiger partial charge in [0.2, 0.25) is 0 Å². The largest absolute Gasteiger partial charge is 0.378 e. The van der Waals surface area contributed by atoms with E-state index >= 15 is 0 Å². The minimum atomic E-state index is -0.207. The lowest BCUT2D eigenvalue weighted by molar-refractivity contribution is 0.0708. The van der Waals surface area contributed by atoms with Gasteiger partial charge in [-0.1, -0.05) is 18.2 Å². The molecule has 4 heterocycles. The molecule has 2 aliphatic rings. The van der Waals surface area contributed by atoms with Crippen molar-refractivity contribution in [3.63, 3.8) is 0 Å². The number of hydrogen-bond acceptors (Lipinski definition) is 8. The molecule has 198 valence electrons. The number of hydrogen-bond donors (Lipinski definition) is 1. The lowest BCUT2D eigenvalue weighted by Gasteiger charge is -2.31. The SMILES string of the molecule is C=CCSc1ncccc1C(=O)N1CCC(c2nc(C(=O)Nc3ccccc3N3CCOCC3)cs2)CC1. The Balaban J connectivity index is 1.19. The van der Waals surface area contributed by atoms with Crippen molar-refractivity contribution in [3.8, 4) is 0 Å². The van der Waals surface area contributed by atoms with Gasteiger partial charge in [0.05, 0.1) is 35.2 Å². The third-order valence-electron chi connectivity index (χ3n) is 6.73. The van der Waals surface area contributed by atoms with Crippen molar-refractivity contribution in [1.82, 2.24) is 14.9 Å². The van der Waals surface area contributed by atoms with Crippen LogP contribution in [0.1, 0.15) is 44.6 Å². The Morgan fingerprint density at radius 1 is 1.13 bits per heavy atom. The second kappa shape index (κ2) is 12.6. The summed E-state index contributed by atoms with van der Waals surface area (Å²) in [6.45, 7) is 8.01. The molecule has 0 saturated carbocycles. The molecular formula is C28H31N5O3S2. The van der Waals surface area contributed by atoms with E-state index in [4.69, 9.17) is 9.72 Å². The van der Waals surface area contributed by atoms with E-state index in [1.54, 1.807) is 12.3 Å². The van der Waals surface area contributed by atoms with Crippen LogP contribution in [0.15, 0.2) is 65.7 Å². The number of anilines is 2. The molecule has 2 fully saturated rings. The Morgan fingerprint density at radius 2 is 1.92 bits per heavy atom. The normalized spacial score (nSPS) is 16.3. The Kier molecular flexibility index (Phi) is 8.72.